The monoisotopic (exact) mass is 304 g/mol. The van der Waals surface area contributed by atoms with Crippen LogP contribution in [0.5, 0.6) is 0 Å². The Balaban J connectivity index is 2.97. The third-order valence-electron chi connectivity index (χ3n) is 2.61. The SMILES string of the molecule is CC1C=CC(C)(C(F)(F)F)C(I)C1. The van der Waals surface area contributed by atoms with Gasteiger partial charge in [-0.3, -0.25) is 0 Å². The van der Waals surface area contributed by atoms with Gasteiger partial charge < -0.3 is 0 Å². The molecule has 0 heterocycles. The average molecular weight is 304 g/mol. The maximum Gasteiger partial charge on any atom is 0.398 e. The van der Waals surface area contributed by atoms with Gasteiger partial charge in [-0.15, -0.1) is 0 Å². The normalized spacial score (nSPS) is 40.8. The van der Waals surface area contributed by atoms with E-state index in [1.807, 2.05) is 29.5 Å². The van der Waals surface area contributed by atoms with Crippen molar-refractivity contribution in [2.75, 3.05) is 0 Å². The zero-order valence-electron chi connectivity index (χ0n) is 7.53. The summed E-state index contributed by atoms with van der Waals surface area (Å²) in [6, 6.07) is 0. The molecule has 0 aromatic rings. The Morgan fingerprint density at radius 3 is 2.38 bits per heavy atom. The number of rotatable bonds is 0. The van der Waals surface area contributed by atoms with Crippen molar-refractivity contribution >= 4 is 22.6 Å². The number of allylic oxidation sites excluding steroid dienone is 2. The van der Waals surface area contributed by atoms with Gasteiger partial charge in [-0.05, 0) is 19.3 Å². The molecule has 1 aliphatic rings. The van der Waals surface area contributed by atoms with E-state index in [9.17, 15) is 13.2 Å². The summed E-state index contributed by atoms with van der Waals surface area (Å²) in [6.07, 6.45) is -0.538. The molecule has 0 bridgehead atoms. The highest BCUT2D eigenvalue weighted by molar-refractivity contribution is 14.1. The lowest BCUT2D eigenvalue weighted by molar-refractivity contribution is -0.200. The fourth-order valence-corrected chi connectivity index (χ4v) is 2.75. The highest BCUT2D eigenvalue weighted by atomic mass is 127. The standard InChI is InChI=1S/C9H12F3I/c1-6-3-4-8(2,7(13)5-6)9(10,11)12/h3-4,6-7H,5H2,1-2H3. The highest BCUT2D eigenvalue weighted by Gasteiger charge is 2.54. The second-order valence-corrected chi connectivity index (χ2v) is 5.32. The van der Waals surface area contributed by atoms with E-state index in [2.05, 4.69) is 0 Å². The molecule has 13 heavy (non-hydrogen) atoms. The number of hydrogen-bond acceptors (Lipinski definition) is 0. The van der Waals surface area contributed by atoms with Gasteiger partial charge in [0.25, 0.3) is 0 Å². The number of halogens is 4. The lowest BCUT2D eigenvalue weighted by Crippen LogP contribution is -2.43. The van der Waals surface area contributed by atoms with Gasteiger partial charge in [0.2, 0.25) is 0 Å². The van der Waals surface area contributed by atoms with Crippen molar-refractivity contribution in [3.05, 3.63) is 12.2 Å². The van der Waals surface area contributed by atoms with E-state index >= 15 is 0 Å². The third kappa shape index (κ3) is 2.02. The molecular formula is C9H12F3I. The summed E-state index contributed by atoms with van der Waals surface area (Å²) in [6.45, 7) is 3.21. The van der Waals surface area contributed by atoms with Gasteiger partial charge in [0.05, 0.1) is 5.41 Å². The van der Waals surface area contributed by atoms with Crippen molar-refractivity contribution < 1.29 is 13.2 Å². The zero-order valence-corrected chi connectivity index (χ0v) is 9.69. The van der Waals surface area contributed by atoms with Crippen LogP contribution in [0, 0.1) is 11.3 Å². The van der Waals surface area contributed by atoms with Crippen molar-refractivity contribution in [1.82, 2.24) is 0 Å². The molecule has 0 aromatic heterocycles. The van der Waals surface area contributed by atoms with Crippen molar-refractivity contribution in [3.8, 4) is 0 Å². The molecule has 0 saturated heterocycles. The molecule has 76 valence electrons. The van der Waals surface area contributed by atoms with Gasteiger partial charge in [0.15, 0.2) is 0 Å². The minimum atomic E-state index is -4.13. The highest BCUT2D eigenvalue weighted by Crippen LogP contribution is 2.49. The predicted octanol–water partition coefficient (Wildman–Crippen LogP) is 3.95. The third-order valence-corrected chi connectivity index (χ3v) is 4.41. The van der Waals surface area contributed by atoms with Crippen LogP contribution in [-0.4, -0.2) is 10.1 Å². The van der Waals surface area contributed by atoms with E-state index in [1.54, 1.807) is 6.08 Å². The van der Waals surface area contributed by atoms with Crippen LogP contribution in [0.2, 0.25) is 0 Å². The van der Waals surface area contributed by atoms with Gasteiger partial charge in [-0.2, -0.15) is 13.2 Å². The summed E-state index contributed by atoms with van der Waals surface area (Å²) in [4.78, 5) is 0. The molecule has 4 heteroatoms. The van der Waals surface area contributed by atoms with Crippen molar-refractivity contribution in [2.24, 2.45) is 11.3 Å². The first-order valence-corrected chi connectivity index (χ1v) is 5.42. The topological polar surface area (TPSA) is 0 Å². The van der Waals surface area contributed by atoms with Gasteiger partial charge in [0, 0.05) is 3.92 Å². The Hall–Kier alpha value is 0.260. The first kappa shape index (κ1) is 11.3. The summed E-state index contributed by atoms with van der Waals surface area (Å²) >= 11 is 1.90. The van der Waals surface area contributed by atoms with Crippen LogP contribution in [0.4, 0.5) is 13.2 Å². The zero-order chi connectivity index (χ0) is 10.3. The van der Waals surface area contributed by atoms with E-state index in [0.29, 0.717) is 6.42 Å². The summed E-state index contributed by atoms with van der Waals surface area (Å²) in [5.41, 5.74) is -1.64. The number of hydrogen-bond donors (Lipinski definition) is 0. The van der Waals surface area contributed by atoms with Gasteiger partial charge in [-0.1, -0.05) is 41.7 Å². The van der Waals surface area contributed by atoms with E-state index in [-0.39, 0.29) is 9.84 Å². The summed E-state index contributed by atoms with van der Waals surface area (Å²) in [7, 11) is 0. The van der Waals surface area contributed by atoms with Gasteiger partial charge in [-0.25, -0.2) is 0 Å². The quantitative estimate of drug-likeness (QED) is 0.361. The first-order valence-electron chi connectivity index (χ1n) is 4.17. The van der Waals surface area contributed by atoms with E-state index in [0.717, 1.165) is 0 Å². The van der Waals surface area contributed by atoms with Gasteiger partial charge in [0.1, 0.15) is 0 Å². The largest absolute Gasteiger partial charge is 0.398 e. The first-order chi connectivity index (χ1) is 5.77. The fraction of sp³-hybridized carbons (Fsp3) is 0.778. The Morgan fingerprint density at radius 1 is 1.46 bits per heavy atom. The van der Waals surface area contributed by atoms with Crippen LogP contribution in [0.15, 0.2) is 12.2 Å². The van der Waals surface area contributed by atoms with Crippen molar-refractivity contribution in [3.63, 3.8) is 0 Å². The second-order valence-electron chi connectivity index (χ2n) is 3.82. The molecule has 0 amide bonds. The molecule has 0 fully saturated rings. The van der Waals surface area contributed by atoms with Crippen LogP contribution in [0.25, 0.3) is 0 Å². The maximum absolute atomic E-state index is 12.6. The Kier molecular flexibility index (Phi) is 3.00. The van der Waals surface area contributed by atoms with E-state index in [1.165, 1.54) is 13.0 Å². The predicted molar refractivity (Wildman–Crippen MR) is 54.9 cm³/mol. The molecule has 0 spiro atoms. The fourth-order valence-electron chi connectivity index (χ4n) is 1.39. The molecule has 0 aliphatic heterocycles. The molecule has 0 aromatic carbocycles. The van der Waals surface area contributed by atoms with Gasteiger partial charge >= 0.3 is 6.18 Å². The lowest BCUT2D eigenvalue weighted by Gasteiger charge is -2.37. The summed E-state index contributed by atoms with van der Waals surface area (Å²) in [5, 5.41) is 0. The van der Waals surface area contributed by atoms with Crippen LogP contribution >= 0.6 is 22.6 Å². The van der Waals surface area contributed by atoms with Crippen LogP contribution in [0.1, 0.15) is 20.3 Å². The minimum Gasteiger partial charge on any atom is -0.170 e. The van der Waals surface area contributed by atoms with Crippen molar-refractivity contribution in [2.45, 2.75) is 30.4 Å². The Bertz CT molecular complexity index is 221. The number of alkyl halides is 4. The summed E-state index contributed by atoms with van der Waals surface area (Å²) < 4.78 is 37.6. The maximum atomic E-state index is 12.6. The molecule has 0 saturated carbocycles. The molecule has 3 atom stereocenters. The van der Waals surface area contributed by atoms with Crippen molar-refractivity contribution in [1.29, 1.82) is 0 Å². The van der Waals surface area contributed by atoms with Crippen LogP contribution in [-0.2, 0) is 0 Å². The summed E-state index contributed by atoms with van der Waals surface area (Å²) in [5.74, 6) is 0.261. The molecule has 0 nitrogen and oxygen atoms in total. The second kappa shape index (κ2) is 3.44. The lowest BCUT2D eigenvalue weighted by atomic mass is 9.77. The van der Waals surface area contributed by atoms with E-state index < -0.39 is 11.6 Å². The van der Waals surface area contributed by atoms with Crippen LogP contribution in [0.3, 0.4) is 0 Å². The van der Waals surface area contributed by atoms with E-state index in [4.69, 9.17) is 0 Å². The molecule has 0 N–H and O–H groups in total. The smallest absolute Gasteiger partial charge is 0.170 e. The minimum absolute atomic E-state index is 0.261. The average Bonchev–Trinajstić information content (AvgIpc) is 1.95. The Labute approximate surface area is 89.7 Å². The molecule has 1 aliphatic carbocycles. The Morgan fingerprint density at radius 2 is 2.00 bits per heavy atom. The molecular weight excluding hydrogens is 292 g/mol. The molecule has 1 rings (SSSR count). The molecule has 3 unspecified atom stereocenters. The molecule has 0 radical (unpaired) electrons. The van der Waals surface area contributed by atoms with Crippen LogP contribution < -0.4 is 0 Å².